The van der Waals surface area contributed by atoms with Crippen molar-refractivity contribution in [1.29, 1.82) is 0 Å². The minimum atomic E-state index is 0. The van der Waals surface area contributed by atoms with E-state index in [2.05, 4.69) is 0 Å². The van der Waals surface area contributed by atoms with Crippen LogP contribution in [-0.2, 0) is 136 Å². The van der Waals surface area contributed by atoms with Crippen LogP contribution in [-0.4, -0.2) is 48.9 Å². The maximum Gasteiger partial charge on any atom is 4.00 e. The summed E-state index contributed by atoms with van der Waals surface area (Å²) in [5, 5.41) is 0. The first-order valence-corrected chi connectivity index (χ1v) is 0. The average Bonchev–Trinajstić information content (AvgIpc) is 0. The number of hydrogen-bond donors (Lipinski definition) is 0. The van der Waals surface area contributed by atoms with Gasteiger partial charge in [-0.2, -0.15) is 0 Å². The Kier molecular flexibility index (Phi) is 6050. The van der Waals surface area contributed by atoms with Crippen LogP contribution in [0.1, 0.15) is 0 Å². The summed E-state index contributed by atoms with van der Waals surface area (Å²) in [6.07, 6.45) is 0. The molecule has 0 aliphatic carbocycles. The van der Waals surface area contributed by atoms with Crippen LogP contribution in [0.15, 0.2) is 0 Å². The number of rotatable bonds is 0. The summed E-state index contributed by atoms with van der Waals surface area (Å²) in [5.41, 5.74) is 0. The first-order valence-electron chi connectivity index (χ1n) is 0. The van der Waals surface area contributed by atoms with Crippen LogP contribution in [0, 0.1) is 0 Å². The fourth-order valence-electron chi connectivity index (χ4n) is 0. The normalized spacial score (nSPS) is 0. The molecule has 0 aromatic heterocycles. The van der Waals surface area contributed by atoms with Crippen LogP contribution in [0.2, 0.25) is 0 Å². The molecule has 72 valence electrons. The van der Waals surface area contributed by atoms with Gasteiger partial charge in [-0.1, -0.05) is 0 Å². The molecule has 0 unspecified atom stereocenters. The molecule has 0 aromatic rings. The van der Waals surface area contributed by atoms with Gasteiger partial charge in [-0.3, -0.25) is 0 Å². The topological polar surface area (TPSA) is 256 Å². The molecule has 0 atom stereocenters. The minimum absolute atomic E-state index is 0. The van der Waals surface area contributed by atoms with Gasteiger partial charge in [0.1, 0.15) is 0 Å². The van der Waals surface area contributed by atoms with Crippen molar-refractivity contribution in [3.8, 4) is 0 Å². The van der Waals surface area contributed by atoms with Crippen molar-refractivity contribution < 1.29 is 136 Å². The zero-order valence-corrected chi connectivity index (χ0v) is 17.1. The molecule has 0 saturated carbocycles. The van der Waals surface area contributed by atoms with Gasteiger partial charge in [-0.05, 0) is 0 Å². The van der Waals surface area contributed by atoms with Gasteiger partial charge in [0.05, 0.1) is 0 Å². The summed E-state index contributed by atoms with van der Waals surface area (Å²) >= 11 is 0. The molecule has 9 nitrogen and oxygen atoms in total. The summed E-state index contributed by atoms with van der Waals surface area (Å²) in [6.45, 7) is 0. The van der Waals surface area contributed by atoms with Gasteiger partial charge in [-0.25, -0.2) is 0 Å². The van der Waals surface area contributed by atoms with Crippen molar-refractivity contribution >= 4 is 48.9 Å². The van der Waals surface area contributed by atoms with Gasteiger partial charge in [0, 0.05) is 0 Å². The van der Waals surface area contributed by atoms with Gasteiger partial charge >= 0.3 is 136 Å². The molecular formula is BaO9Ti4. The SMILES string of the molecule is [Ba+2].[O-2].[O-2].[O-2].[O-2].[O-2].[O-2].[O-2].[O-2].[O-2].[Ti+4].[Ti+4].[Ti+4].[Ti+4]. The van der Waals surface area contributed by atoms with E-state index in [1.807, 2.05) is 0 Å². The Morgan fingerprint density at radius 3 is 0.214 bits per heavy atom. The zero-order valence-electron chi connectivity index (χ0n) is 6.38. The Balaban J connectivity index is 0. The zero-order chi connectivity index (χ0) is 0. The smallest absolute Gasteiger partial charge is 2.00 e. The first kappa shape index (κ1) is 318. The Hall–Kier alpha value is 4.07. The van der Waals surface area contributed by atoms with Crippen molar-refractivity contribution in [2.45, 2.75) is 0 Å². The van der Waals surface area contributed by atoms with Crippen LogP contribution >= 0.6 is 0 Å². The van der Waals surface area contributed by atoms with E-state index in [1.165, 1.54) is 0 Å². The molecule has 0 aliphatic heterocycles. The molecule has 0 bridgehead atoms. The maximum atomic E-state index is 0. The maximum absolute atomic E-state index is 0. The third-order valence-corrected chi connectivity index (χ3v) is 0. The van der Waals surface area contributed by atoms with Gasteiger partial charge < -0.3 is 49.3 Å². The third kappa shape index (κ3) is 220. The Morgan fingerprint density at radius 2 is 0.214 bits per heavy atom. The summed E-state index contributed by atoms with van der Waals surface area (Å²) in [6, 6.07) is 0. The van der Waals surface area contributed by atoms with Crippen molar-refractivity contribution in [2.75, 3.05) is 0 Å². The third-order valence-electron chi connectivity index (χ3n) is 0. The largest absolute Gasteiger partial charge is 4.00 e. The quantitative estimate of drug-likeness (QED) is 0.366. The molecule has 0 rings (SSSR count). The molecule has 0 amide bonds. The molecule has 14 heteroatoms. The predicted molar refractivity (Wildman–Crippen MR) is 11.9 cm³/mol. The molecule has 0 aromatic carbocycles. The van der Waals surface area contributed by atoms with Gasteiger partial charge in [0.25, 0.3) is 0 Å². The van der Waals surface area contributed by atoms with Crippen molar-refractivity contribution in [2.24, 2.45) is 0 Å². The molecule has 14 heavy (non-hydrogen) atoms. The fraction of sp³-hybridized carbons (Fsp3) is 0. The van der Waals surface area contributed by atoms with E-state index < -0.39 is 0 Å². The van der Waals surface area contributed by atoms with E-state index in [9.17, 15) is 0 Å². The van der Waals surface area contributed by atoms with Crippen LogP contribution in [0.25, 0.3) is 0 Å². The summed E-state index contributed by atoms with van der Waals surface area (Å²) in [5.74, 6) is 0. The number of hydrogen-bond acceptors (Lipinski definition) is 0. The summed E-state index contributed by atoms with van der Waals surface area (Å²) in [4.78, 5) is 0. The molecule has 0 N–H and O–H groups in total. The van der Waals surface area contributed by atoms with E-state index in [1.54, 1.807) is 0 Å². The minimum Gasteiger partial charge on any atom is -2.00 e. The van der Waals surface area contributed by atoms with E-state index in [-0.39, 0.29) is 185 Å². The Morgan fingerprint density at radius 1 is 0.214 bits per heavy atom. The van der Waals surface area contributed by atoms with Crippen molar-refractivity contribution in [3.63, 3.8) is 0 Å². The molecule has 0 saturated heterocycles. The second-order valence-corrected chi connectivity index (χ2v) is 0. The standard InChI is InChI=1S/Ba.9O.4Ti/q+2;9*-2;4*+4. The second-order valence-electron chi connectivity index (χ2n) is 0. The van der Waals surface area contributed by atoms with Gasteiger partial charge in [0.15, 0.2) is 0 Å². The van der Waals surface area contributed by atoms with Crippen molar-refractivity contribution in [1.82, 2.24) is 0 Å². The van der Waals surface area contributed by atoms with Crippen LogP contribution in [0.4, 0.5) is 0 Å². The molecule has 0 spiro atoms. The molecule has 0 fully saturated rings. The van der Waals surface area contributed by atoms with Crippen LogP contribution in [0.5, 0.6) is 0 Å². The van der Waals surface area contributed by atoms with E-state index in [4.69, 9.17) is 0 Å². The summed E-state index contributed by atoms with van der Waals surface area (Å²) in [7, 11) is 0. The van der Waals surface area contributed by atoms with Gasteiger partial charge in [-0.15, -0.1) is 0 Å². The Labute approximate surface area is 181 Å². The van der Waals surface area contributed by atoms with Crippen LogP contribution < -0.4 is 0 Å². The van der Waals surface area contributed by atoms with Crippen LogP contribution in [0.3, 0.4) is 0 Å². The molecule has 0 aliphatic rings. The predicted octanol–water partition coefficient (Wildman–Crippen LogP) is -1.46. The summed E-state index contributed by atoms with van der Waals surface area (Å²) < 4.78 is 0. The van der Waals surface area contributed by atoms with E-state index in [0.717, 1.165) is 0 Å². The first-order chi connectivity index (χ1) is 0. The van der Waals surface area contributed by atoms with Crippen molar-refractivity contribution in [3.05, 3.63) is 0 Å². The van der Waals surface area contributed by atoms with E-state index in [0.29, 0.717) is 0 Å². The molecule has 0 radical (unpaired) electrons. The Bertz CT molecular complexity index is 16.8. The van der Waals surface area contributed by atoms with Gasteiger partial charge in [0.2, 0.25) is 0 Å². The molecular weight excluding hydrogens is 473 g/mol. The monoisotopic (exact) mass is 474 g/mol. The average molecular weight is 473 g/mol. The second kappa shape index (κ2) is 266. The molecule has 0 heterocycles. The fourth-order valence-corrected chi connectivity index (χ4v) is 0. The van der Waals surface area contributed by atoms with E-state index >= 15 is 0 Å².